The van der Waals surface area contributed by atoms with E-state index >= 15 is 0 Å². The fourth-order valence-electron chi connectivity index (χ4n) is 3.14. The number of hydrogen-bond donors (Lipinski definition) is 0. The predicted molar refractivity (Wildman–Crippen MR) is 103 cm³/mol. The lowest BCUT2D eigenvalue weighted by Gasteiger charge is -2.34. The van der Waals surface area contributed by atoms with E-state index in [9.17, 15) is 4.79 Å². The van der Waals surface area contributed by atoms with Gasteiger partial charge in [-0.15, -0.1) is 0 Å². The van der Waals surface area contributed by atoms with Crippen LogP contribution in [-0.2, 0) is 4.74 Å². The molecule has 1 fully saturated rings. The number of nitriles is 1. The fraction of sp³-hybridized carbons (Fsp3) is 0.381. The number of hydrogen-bond acceptors (Lipinski definition) is 5. The summed E-state index contributed by atoms with van der Waals surface area (Å²) in [6.45, 7) is 7.62. The summed E-state index contributed by atoms with van der Waals surface area (Å²) in [4.78, 5) is 21.3. The Labute approximate surface area is 160 Å². The van der Waals surface area contributed by atoms with Crippen LogP contribution in [-0.4, -0.2) is 66.6 Å². The number of aromatic nitrogens is 1. The molecule has 1 aromatic heterocycles. The lowest BCUT2D eigenvalue weighted by Crippen LogP contribution is -2.49. The van der Waals surface area contributed by atoms with Crippen LogP contribution in [0.1, 0.15) is 23.0 Å². The Hall–Kier alpha value is -2.75. The Balaban J connectivity index is 1.59. The maximum atomic E-state index is 12.7. The quantitative estimate of drug-likeness (QED) is 0.736. The number of pyridine rings is 1. The molecule has 0 unspecified atom stereocenters. The van der Waals surface area contributed by atoms with Crippen LogP contribution < -0.4 is 0 Å². The molecule has 3 rings (SSSR count). The van der Waals surface area contributed by atoms with Crippen molar-refractivity contribution >= 4 is 5.91 Å². The number of carbonyl (C=O) groups is 1. The van der Waals surface area contributed by atoms with E-state index in [0.717, 1.165) is 57.2 Å². The van der Waals surface area contributed by atoms with Crippen LogP contribution in [0.2, 0.25) is 0 Å². The standard InChI is InChI=1S/C21H24N4O2/c1-2-27-15-14-24-10-12-25(13-11-24)21(26)18-8-6-17(7-9-18)20-5-3-4-19(16-22)23-20/h3-9H,2,10-15H2,1H3. The van der Waals surface area contributed by atoms with Gasteiger partial charge in [0.05, 0.1) is 12.3 Å². The first-order chi connectivity index (χ1) is 13.2. The third-order valence-corrected chi connectivity index (χ3v) is 4.71. The van der Waals surface area contributed by atoms with Gasteiger partial charge in [0, 0.05) is 50.5 Å². The van der Waals surface area contributed by atoms with Gasteiger partial charge in [-0.1, -0.05) is 18.2 Å². The van der Waals surface area contributed by atoms with Crippen molar-refractivity contribution in [2.24, 2.45) is 0 Å². The van der Waals surface area contributed by atoms with Crippen molar-refractivity contribution in [1.29, 1.82) is 5.26 Å². The molecule has 1 aromatic carbocycles. The second kappa shape index (κ2) is 9.26. The molecule has 140 valence electrons. The van der Waals surface area contributed by atoms with E-state index in [2.05, 4.69) is 9.88 Å². The first-order valence-corrected chi connectivity index (χ1v) is 9.28. The third kappa shape index (κ3) is 4.91. The van der Waals surface area contributed by atoms with Gasteiger partial charge in [-0.05, 0) is 31.2 Å². The van der Waals surface area contributed by atoms with Crippen LogP contribution in [0.15, 0.2) is 42.5 Å². The summed E-state index contributed by atoms with van der Waals surface area (Å²) in [5, 5.41) is 8.98. The first kappa shape index (κ1) is 19.0. The van der Waals surface area contributed by atoms with Crippen LogP contribution in [0.25, 0.3) is 11.3 Å². The van der Waals surface area contributed by atoms with Gasteiger partial charge < -0.3 is 9.64 Å². The molecule has 0 aliphatic carbocycles. The Kier molecular flexibility index (Phi) is 6.53. The second-order valence-corrected chi connectivity index (χ2v) is 6.43. The van der Waals surface area contributed by atoms with E-state index in [1.165, 1.54) is 0 Å². The van der Waals surface area contributed by atoms with Crippen molar-refractivity contribution in [2.75, 3.05) is 45.9 Å². The topological polar surface area (TPSA) is 69.5 Å². The van der Waals surface area contributed by atoms with E-state index in [0.29, 0.717) is 11.3 Å². The van der Waals surface area contributed by atoms with Gasteiger partial charge >= 0.3 is 0 Å². The predicted octanol–water partition coefficient (Wildman–Crippen LogP) is 2.41. The van der Waals surface area contributed by atoms with Gasteiger partial charge in [0.1, 0.15) is 11.8 Å². The maximum absolute atomic E-state index is 12.7. The molecule has 1 amide bonds. The van der Waals surface area contributed by atoms with Gasteiger partial charge in [-0.3, -0.25) is 9.69 Å². The van der Waals surface area contributed by atoms with Crippen molar-refractivity contribution in [3.05, 3.63) is 53.7 Å². The summed E-state index contributed by atoms with van der Waals surface area (Å²) in [6.07, 6.45) is 0. The minimum absolute atomic E-state index is 0.0599. The highest BCUT2D eigenvalue weighted by Gasteiger charge is 2.21. The summed E-state index contributed by atoms with van der Waals surface area (Å²) in [5.41, 5.74) is 2.69. The van der Waals surface area contributed by atoms with Crippen LogP contribution in [0, 0.1) is 11.3 Å². The van der Waals surface area contributed by atoms with Crippen molar-refractivity contribution in [2.45, 2.75) is 6.92 Å². The molecule has 0 N–H and O–H groups in total. The molecule has 2 heterocycles. The van der Waals surface area contributed by atoms with Crippen LogP contribution >= 0.6 is 0 Å². The van der Waals surface area contributed by atoms with Gasteiger partial charge in [0.15, 0.2) is 0 Å². The number of piperazine rings is 1. The van der Waals surface area contributed by atoms with Crippen molar-refractivity contribution in [1.82, 2.24) is 14.8 Å². The highest BCUT2D eigenvalue weighted by atomic mass is 16.5. The smallest absolute Gasteiger partial charge is 0.253 e. The zero-order valence-corrected chi connectivity index (χ0v) is 15.6. The highest BCUT2D eigenvalue weighted by Crippen LogP contribution is 2.19. The van der Waals surface area contributed by atoms with E-state index < -0.39 is 0 Å². The van der Waals surface area contributed by atoms with E-state index in [-0.39, 0.29) is 5.91 Å². The lowest BCUT2D eigenvalue weighted by atomic mass is 10.1. The number of nitrogens with zero attached hydrogens (tertiary/aromatic N) is 4. The Morgan fingerprint density at radius 3 is 2.56 bits per heavy atom. The van der Waals surface area contributed by atoms with E-state index in [1.54, 1.807) is 6.07 Å². The molecule has 0 atom stereocenters. The molecule has 0 radical (unpaired) electrons. The average molecular weight is 364 g/mol. The number of carbonyl (C=O) groups excluding carboxylic acids is 1. The molecule has 0 bridgehead atoms. The maximum Gasteiger partial charge on any atom is 0.253 e. The van der Waals surface area contributed by atoms with E-state index in [4.69, 9.17) is 10.00 Å². The molecule has 0 saturated carbocycles. The van der Waals surface area contributed by atoms with Gasteiger partial charge in [0.25, 0.3) is 5.91 Å². The van der Waals surface area contributed by atoms with E-state index in [1.807, 2.05) is 54.3 Å². The molecule has 1 aliphatic rings. The normalized spacial score (nSPS) is 14.7. The Bertz CT molecular complexity index is 806. The van der Waals surface area contributed by atoms with Crippen molar-refractivity contribution in [3.8, 4) is 17.3 Å². The van der Waals surface area contributed by atoms with Crippen LogP contribution in [0.3, 0.4) is 0 Å². The average Bonchev–Trinajstić information content (AvgIpc) is 2.74. The minimum Gasteiger partial charge on any atom is -0.380 e. The molecular formula is C21H24N4O2. The molecule has 6 nitrogen and oxygen atoms in total. The minimum atomic E-state index is 0.0599. The molecule has 0 spiro atoms. The molecule has 27 heavy (non-hydrogen) atoms. The molecular weight excluding hydrogens is 340 g/mol. The first-order valence-electron chi connectivity index (χ1n) is 9.28. The Morgan fingerprint density at radius 2 is 1.89 bits per heavy atom. The summed E-state index contributed by atoms with van der Waals surface area (Å²) in [5.74, 6) is 0.0599. The summed E-state index contributed by atoms with van der Waals surface area (Å²) >= 11 is 0. The van der Waals surface area contributed by atoms with Crippen molar-refractivity contribution in [3.63, 3.8) is 0 Å². The molecule has 1 aliphatic heterocycles. The number of benzene rings is 1. The molecule has 6 heteroatoms. The fourth-order valence-corrected chi connectivity index (χ4v) is 3.14. The highest BCUT2D eigenvalue weighted by molar-refractivity contribution is 5.94. The summed E-state index contributed by atoms with van der Waals surface area (Å²) < 4.78 is 5.40. The number of amides is 1. The lowest BCUT2D eigenvalue weighted by molar-refractivity contribution is 0.0565. The second-order valence-electron chi connectivity index (χ2n) is 6.43. The van der Waals surface area contributed by atoms with Crippen LogP contribution in [0.5, 0.6) is 0 Å². The number of rotatable bonds is 6. The summed E-state index contributed by atoms with van der Waals surface area (Å²) in [6, 6.07) is 14.8. The van der Waals surface area contributed by atoms with Gasteiger partial charge in [-0.2, -0.15) is 5.26 Å². The monoisotopic (exact) mass is 364 g/mol. The largest absolute Gasteiger partial charge is 0.380 e. The molecule has 1 saturated heterocycles. The summed E-state index contributed by atoms with van der Waals surface area (Å²) in [7, 11) is 0. The number of ether oxygens (including phenoxy) is 1. The zero-order valence-electron chi connectivity index (χ0n) is 15.6. The van der Waals surface area contributed by atoms with Crippen LogP contribution in [0.4, 0.5) is 0 Å². The van der Waals surface area contributed by atoms with Crippen molar-refractivity contribution < 1.29 is 9.53 Å². The molecule has 2 aromatic rings. The van der Waals surface area contributed by atoms with Gasteiger partial charge in [-0.25, -0.2) is 4.98 Å². The zero-order chi connectivity index (χ0) is 19.1. The van der Waals surface area contributed by atoms with Gasteiger partial charge in [0.2, 0.25) is 0 Å². The SMILES string of the molecule is CCOCCN1CCN(C(=O)c2ccc(-c3cccc(C#N)n3)cc2)CC1. The third-order valence-electron chi connectivity index (χ3n) is 4.71. The Morgan fingerprint density at radius 1 is 1.15 bits per heavy atom.